The van der Waals surface area contributed by atoms with E-state index in [1.807, 2.05) is 11.3 Å². The van der Waals surface area contributed by atoms with Crippen LogP contribution in [-0.2, 0) is 6.42 Å². The van der Waals surface area contributed by atoms with Crippen LogP contribution in [0.3, 0.4) is 0 Å². The highest BCUT2D eigenvalue weighted by molar-refractivity contribution is 9.10. The van der Waals surface area contributed by atoms with E-state index in [-0.39, 0.29) is 0 Å². The molecule has 0 aliphatic heterocycles. The molecule has 1 nitrogen and oxygen atoms in total. The van der Waals surface area contributed by atoms with E-state index in [9.17, 15) is 0 Å². The minimum Gasteiger partial charge on any atom is -0.327 e. The summed E-state index contributed by atoms with van der Waals surface area (Å²) in [5.74, 6) is 0.939. The summed E-state index contributed by atoms with van der Waals surface area (Å²) in [4.78, 5) is 1.44. The van der Waals surface area contributed by atoms with E-state index in [4.69, 9.17) is 5.73 Å². The molecule has 3 unspecified atom stereocenters. The molecule has 0 aromatic carbocycles. The van der Waals surface area contributed by atoms with Gasteiger partial charge in [0.25, 0.3) is 0 Å². The van der Waals surface area contributed by atoms with Gasteiger partial charge in [0.05, 0.1) is 0 Å². The first-order chi connectivity index (χ1) is 9.82. The van der Waals surface area contributed by atoms with E-state index in [0.717, 1.165) is 12.3 Å². The van der Waals surface area contributed by atoms with Crippen LogP contribution in [0, 0.1) is 22.2 Å². The van der Waals surface area contributed by atoms with Gasteiger partial charge in [0.2, 0.25) is 0 Å². The molecular weight excluding hydrogens is 342 g/mol. The number of thiophene rings is 1. The van der Waals surface area contributed by atoms with Gasteiger partial charge >= 0.3 is 0 Å². The monoisotopic (exact) mass is 367 g/mol. The van der Waals surface area contributed by atoms with Gasteiger partial charge < -0.3 is 5.73 Å². The first-order valence-electron chi connectivity index (χ1n) is 8.29. The van der Waals surface area contributed by atoms with Crippen LogP contribution in [0.4, 0.5) is 0 Å². The summed E-state index contributed by atoms with van der Waals surface area (Å²) >= 11 is 5.53. The van der Waals surface area contributed by atoms with Crippen LogP contribution in [0.25, 0.3) is 0 Å². The van der Waals surface area contributed by atoms with Gasteiger partial charge in [-0.25, -0.2) is 0 Å². The van der Waals surface area contributed by atoms with Crippen molar-refractivity contribution in [3.63, 3.8) is 0 Å². The first kappa shape index (κ1) is 14.7. The van der Waals surface area contributed by atoms with Gasteiger partial charge in [0.1, 0.15) is 0 Å². The summed E-state index contributed by atoms with van der Waals surface area (Å²) in [7, 11) is 0. The second kappa shape index (κ2) is 4.58. The normalized spacial score (nSPS) is 46.0. The Kier molecular flexibility index (Phi) is 3.21. The van der Waals surface area contributed by atoms with Crippen molar-refractivity contribution >= 4 is 27.3 Å². The van der Waals surface area contributed by atoms with Gasteiger partial charge in [-0.05, 0) is 94.5 Å². The number of hydrogen-bond acceptors (Lipinski definition) is 2. The van der Waals surface area contributed by atoms with Crippen LogP contribution in [0.15, 0.2) is 15.9 Å². The first-order valence-corrected chi connectivity index (χ1v) is 9.96. The van der Waals surface area contributed by atoms with Crippen LogP contribution < -0.4 is 5.73 Å². The van der Waals surface area contributed by atoms with E-state index in [0.29, 0.717) is 22.3 Å². The molecule has 0 amide bonds. The Morgan fingerprint density at radius 1 is 1.24 bits per heavy atom. The molecule has 4 aliphatic carbocycles. The van der Waals surface area contributed by atoms with Crippen molar-refractivity contribution < 1.29 is 0 Å². The Morgan fingerprint density at radius 3 is 2.43 bits per heavy atom. The zero-order valence-corrected chi connectivity index (χ0v) is 15.5. The highest BCUT2D eigenvalue weighted by atomic mass is 79.9. The zero-order valence-electron chi connectivity index (χ0n) is 13.1. The fraction of sp³-hybridized carbons (Fsp3) is 0.778. The van der Waals surface area contributed by atoms with E-state index < -0.39 is 0 Å². The molecule has 4 saturated carbocycles. The van der Waals surface area contributed by atoms with E-state index >= 15 is 0 Å². The lowest BCUT2D eigenvalue weighted by molar-refractivity contribution is -0.153. The molecule has 116 valence electrons. The molecule has 2 N–H and O–H groups in total. The second-order valence-corrected chi connectivity index (χ2v) is 10.8. The standard InChI is InChI=1S/C18H26BrNS/c1-16-6-12-7-17(2,9-16)11-18(8-12,10-16)15(20)5-14-13(19)3-4-21-14/h3-4,12,15H,5-11,20H2,1-2H3. The Hall–Kier alpha value is 0.140. The minimum absolute atomic E-state index is 0.328. The van der Waals surface area contributed by atoms with Gasteiger partial charge in [-0.15, -0.1) is 11.3 Å². The van der Waals surface area contributed by atoms with Crippen molar-refractivity contribution in [2.24, 2.45) is 27.9 Å². The van der Waals surface area contributed by atoms with Crippen molar-refractivity contribution in [2.75, 3.05) is 0 Å². The molecule has 21 heavy (non-hydrogen) atoms. The summed E-state index contributed by atoms with van der Waals surface area (Å²) in [5, 5.41) is 2.18. The smallest absolute Gasteiger partial charge is 0.0314 e. The molecule has 5 rings (SSSR count). The summed E-state index contributed by atoms with van der Waals surface area (Å²) in [6.07, 6.45) is 9.54. The third kappa shape index (κ3) is 2.35. The molecule has 1 heterocycles. The minimum atomic E-state index is 0.328. The summed E-state index contributed by atoms with van der Waals surface area (Å²) in [6, 6.07) is 2.49. The van der Waals surface area contributed by atoms with Crippen LogP contribution in [0.2, 0.25) is 0 Å². The van der Waals surface area contributed by atoms with Crippen molar-refractivity contribution in [2.45, 2.75) is 64.8 Å². The Morgan fingerprint density at radius 2 is 1.90 bits per heavy atom. The van der Waals surface area contributed by atoms with Gasteiger partial charge in [-0.2, -0.15) is 0 Å². The van der Waals surface area contributed by atoms with E-state index in [1.165, 1.54) is 47.9 Å². The van der Waals surface area contributed by atoms with Crippen molar-refractivity contribution in [3.05, 3.63) is 20.8 Å². The fourth-order valence-corrected chi connectivity index (χ4v) is 8.41. The highest BCUT2D eigenvalue weighted by Crippen LogP contribution is 2.70. The Balaban J connectivity index is 1.63. The molecule has 4 aliphatic rings. The molecule has 0 saturated heterocycles. The van der Waals surface area contributed by atoms with E-state index in [1.54, 1.807) is 0 Å². The Bertz CT molecular complexity index is 547. The summed E-state index contributed by atoms with van der Waals surface area (Å²) in [6.45, 7) is 5.08. The number of hydrogen-bond donors (Lipinski definition) is 1. The molecule has 3 atom stereocenters. The maximum absolute atomic E-state index is 6.84. The molecular formula is C18H26BrNS. The SMILES string of the molecule is CC12CC3CC(C)(C1)CC(C(N)Cc1sccc1Br)(C3)C2. The van der Waals surface area contributed by atoms with Gasteiger partial charge in [-0.1, -0.05) is 13.8 Å². The number of nitrogens with two attached hydrogens (primary N) is 1. The molecule has 3 heteroatoms. The maximum Gasteiger partial charge on any atom is 0.0314 e. The predicted octanol–water partition coefficient (Wildman–Crippen LogP) is 5.38. The molecule has 1 aromatic heterocycles. The average Bonchev–Trinajstić information content (AvgIpc) is 2.70. The van der Waals surface area contributed by atoms with Crippen LogP contribution >= 0.6 is 27.3 Å². The quantitative estimate of drug-likeness (QED) is 0.762. The van der Waals surface area contributed by atoms with Crippen molar-refractivity contribution in [3.8, 4) is 0 Å². The topological polar surface area (TPSA) is 26.0 Å². The van der Waals surface area contributed by atoms with Crippen molar-refractivity contribution in [1.29, 1.82) is 0 Å². The lowest BCUT2D eigenvalue weighted by atomic mass is 9.39. The fourth-order valence-electron chi connectivity index (χ4n) is 6.84. The molecule has 4 bridgehead atoms. The summed E-state index contributed by atoms with van der Waals surface area (Å²) < 4.78 is 1.25. The van der Waals surface area contributed by atoms with Crippen LogP contribution in [0.1, 0.15) is 57.2 Å². The van der Waals surface area contributed by atoms with Gasteiger partial charge in [-0.3, -0.25) is 0 Å². The highest BCUT2D eigenvalue weighted by Gasteiger charge is 2.61. The number of halogens is 1. The summed E-state index contributed by atoms with van der Waals surface area (Å²) in [5.41, 5.74) is 8.38. The molecule has 0 spiro atoms. The molecule has 0 radical (unpaired) electrons. The largest absolute Gasteiger partial charge is 0.327 e. The van der Waals surface area contributed by atoms with E-state index in [2.05, 4.69) is 41.2 Å². The lowest BCUT2D eigenvalue weighted by Gasteiger charge is -2.67. The average molecular weight is 368 g/mol. The number of rotatable bonds is 3. The Labute approximate surface area is 140 Å². The van der Waals surface area contributed by atoms with Crippen molar-refractivity contribution in [1.82, 2.24) is 0 Å². The maximum atomic E-state index is 6.84. The third-order valence-electron chi connectivity index (χ3n) is 6.55. The van der Waals surface area contributed by atoms with Crippen LogP contribution in [-0.4, -0.2) is 6.04 Å². The molecule has 1 aromatic rings. The van der Waals surface area contributed by atoms with Crippen LogP contribution in [0.5, 0.6) is 0 Å². The molecule has 4 fully saturated rings. The lowest BCUT2D eigenvalue weighted by Crippen LogP contribution is -2.61. The van der Waals surface area contributed by atoms with Gasteiger partial charge in [0.15, 0.2) is 0 Å². The predicted molar refractivity (Wildman–Crippen MR) is 93.5 cm³/mol. The third-order valence-corrected chi connectivity index (χ3v) is 8.50. The second-order valence-electron chi connectivity index (χ2n) is 8.99. The van der Waals surface area contributed by atoms with Gasteiger partial charge in [0, 0.05) is 15.4 Å². The zero-order chi connectivity index (χ0) is 14.9.